The maximum Gasteiger partial charge on any atom is 0.308 e. The van der Waals surface area contributed by atoms with Gasteiger partial charge in [-0.15, -0.1) is 0 Å². The minimum absolute atomic E-state index is 0.0652. The van der Waals surface area contributed by atoms with Crippen molar-refractivity contribution in [2.45, 2.75) is 31.2 Å². The fraction of sp³-hybridized carbons (Fsp3) is 0.208. The Kier molecular flexibility index (Phi) is 5.35. The summed E-state index contributed by atoms with van der Waals surface area (Å²) >= 11 is 0. The van der Waals surface area contributed by atoms with E-state index < -0.39 is 22.0 Å². The van der Waals surface area contributed by atoms with Crippen molar-refractivity contribution >= 4 is 21.7 Å². The number of carbonyl (C=O) groups is 1. The van der Waals surface area contributed by atoms with Crippen LogP contribution in [0.15, 0.2) is 77.7 Å². The largest absolute Gasteiger partial charge is 0.466 e. The summed E-state index contributed by atoms with van der Waals surface area (Å²) < 4.78 is 34.1. The Morgan fingerprint density at radius 2 is 1.57 bits per heavy atom. The third-order valence-electron chi connectivity index (χ3n) is 5.28. The van der Waals surface area contributed by atoms with E-state index in [9.17, 15) is 13.2 Å². The van der Waals surface area contributed by atoms with Gasteiger partial charge in [0.15, 0.2) is 0 Å². The normalized spacial score (nSPS) is 15.3. The van der Waals surface area contributed by atoms with E-state index >= 15 is 0 Å². The lowest BCUT2D eigenvalue weighted by Crippen LogP contribution is -2.39. The second kappa shape index (κ2) is 7.95. The van der Waals surface area contributed by atoms with Crippen LogP contribution in [-0.2, 0) is 19.6 Å². The van der Waals surface area contributed by atoms with Gasteiger partial charge in [-0.05, 0) is 43.2 Å². The van der Waals surface area contributed by atoms with E-state index in [-0.39, 0.29) is 17.9 Å². The van der Waals surface area contributed by atoms with E-state index in [0.717, 1.165) is 22.3 Å². The first-order valence-electron chi connectivity index (χ1n) is 9.88. The molecule has 0 saturated heterocycles. The highest BCUT2D eigenvalue weighted by molar-refractivity contribution is 7.92. The van der Waals surface area contributed by atoms with Crippen molar-refractivity contribution in [3.63, 3.8) is 0 Å². The van der Waals surface area contributed by atoms with Crippen molar-refractivity contribution in [3.8, 4) is 11.1 Å². The van der Waals surface area contributed by atoms with Gasteiger partial charge in [0.2, 0.25) is 0 Å². The van der Waals surface area contributed by atoms with Crippen LogP contribution in [0.3, 0.4) is 0 Å². The van der Waals surface area contributed by atoms with Crippen LogP contribution in [0.1, 0.15) is 30.5 Å². The molecule has 6 heteroatoms. The smallest absolute Gasteiger partial charge is 0.308 e. The number of ether oxygens (including phenoxy) is 1. The molecule has 1 unspecified atom stereocenters. The maximum atomic E-state index is 13.8. The highest BCUT2D eigenvalue weighted by Gasteiger charge is 2.40. The number of rotatable bonds is 5. The molecule has 0 radical (unpaired) electrons. The van der Waals surface area contributed by atoms with E-state index in [2.05, 4.69) is 0 Å². The molecule has 0 spiro atoms. The van der Waals surface area contributed by atoms with Gasteiger partial charge in [-0.25, -0.2) is 8.42 Å². The minimum Gasteiger partial charge on any atom is -0.466 e. The zero-order valence-electron chi connectivity index (χ0n) is 16.9. The molecule has 0 aliphatic carbocycles. The summed E-state index contributed by atoms with van der Waals surface area (Å²) in [5.74, 6) is -0.430. The number of fused-ring (bicyclic) bond motifs is 3. The van der Waals surface area contributed by atoms with E-state index in [4.69, 9.17) is 4.74 Å². The Labute approximate surface area is 177 Å². The van der Waals surface area contributed by atoms with Crippen molar-refractivity contribution in [2.24, 2.45) is 0 Å². The lowest BCUT2D eigenvalue weighted by molar-refractivity contribution is -0.143. The van der Waals surface area contributed by atoms with E-state index in [1.165, 1.54) is 4.31 Å². The Hall–Kier alpha value is -3.12. The molecule has 30 heavy (non-hydrogen) atoms. The summed E-state index contributed by atoms with van der Waals surface area (Å²) in [7, 11) is -3.92. The quantitative estimate of drug-likeness (QED) is 0.552. The second-order valence-electron chi connectivity index (χ2n) is 7.24. The number of benzene rings is 3. The highest BCUT2D eigenvalue weighted by atomic mass is 32.2. The monoisotopic (exact) mass is 421 g/mol. The van der Waals surface area contributed by atoms with Crippen molar-refractivity contribution in [1.82, 2.24) is 0 Å². The van der Waals surface area contributed by atoms with Crippen LogP contribution in [-0.4, -0.2) is 21.0 Å². The molecular formula is C24H23NO4S. The number of anilines is 1. The first-order valence-corrected chi connectivity index (χ1v) is 11.3. The fourth-order valence-electron chi connectivity index (χ4n) is 3.91. The molecule has 4 rings (SSSR count). The van der Waals surface area contributed by atoms with Gasteiger partial charge in [0, 0.05) is 5.56 Å². The van der Waals surface area contributed by atoms with Crippen LogP contribution < -0.4 is 4.31 Å². The highest BCUT2D eigenvalue weighted by Crippen LogP contribution is 2.48. The molecule has 3 aromatic carbocycles. The van der Waals surface area contributed by atoms with Gasteiger partial charge in [0.05, 0.1) is 29.7 Å². The fourth-order valence-corrected chi connectivity index (χ4v) is 5.56. The number of esters is 1. The lowest BCUT2D eigenvalue weighted by atomic mass is 9.88. The van der Waals surface area contributed by atoms with Crippen molar-refractivity contribution < 1.29 is 17.9 Å². The number of carbonyl (C=O) groups excluding carboxylic acids is 1. The molecule has 0 amide bonds. The first-order chi connectivity index (χ1) is 14.4. The number of sulfonamides is 1. The number of hydrogen-bond donors (Lipinski definition) is 0. The molecule has 154 valence electrons. The topological polar surface area (TPSA) is 63.7 Å². The van der Waals surface area contributed by atoms with Crippen LogP contribution in [0.2, 0.25) is 0 Å². The summed E-state index contributed by atoms with van der Waals surface area (Å²) in [6.07, 6.45) is -0.0652. The second-order valence-corrected chi connectivity index (χ2v) is 9.06. The predicted molar refractivity (Wildman–Crippen MR) is 117 cm³/mol. The molecule has 0 bridgehead atoms. The van der Waals surface area contributed by atoms with Gasteiger partial charge in [-0.1, -0.05) is 60.2 Å². The first kappa shape index (κ1) is 20.2. The zero-order chi connectivity index (χ0) is 21.3. The van der Waals surface area contributed by atoms with Gasteiger partial charge in [-0.3, -0.25) is 9.10 Å². The Balaban J connectivity index is 1.93. The molecule has 1 aliphatic heterocycles. The summed E-state index contributed by atoms with van der Waals surface area (Å²) in [5, 5.41) is 0. The predicted octanol–water partition coefficient (Wildman–Crippen LogP) is 4.87. The standard InChI is InChI=1S/C24H23NO4S/c1-3-29-24(26)16-23-21-10-5-4-8-19(21)20-9-6-7-11-22(20)25(23)30(27,28)18-14-12-17(2)13-15-18/h4-15,23H,3,16H2,1-2H3. The molecule has 3 aromatic rings. The van der Waals surface area contributed by atoms with E-state index in [0.29, 0.717) is 5.69 Å². The Morgan fingerprint density at radius 3 is 2.27 bits per heavy atom. The van der Waals surface area contributed by atoms with Gasteiger partial charge < -0.3 is 4.74 Å². The van der Waals surface area contributed by atoms with Crippen LogP contribution in [0, 0.1) is 6.92 Å². The molecule has 0 aromatic heterocycles. The number of nitrogens with zero attached hydrogens (tertiary/aromatic N) is 1. The summed E-state index contributed by atoms with van der Waals surface area (Å²) in [6, 6.07) is 21.1. The summed E-state index contributed by atoms with van der Waals surface area (Å²) in [6.45, 7) is 3.89. The molecule has 0 fully saturated rings. The lowest BCUT2D eigenvalue weighted by Gasteiger charge is -2.38. The number of hydrogen-bond acceptors (Lipinski definition) is 4. The SMILES string of the molecule is CCOC(=O)CC1c2ccccc2-c2ccccc2N1S(=O)(=O)c1ccc(C)cc1. The molecule has 1 aliphatic rings. The van der Waals surface area contributed by atoms with Crippen molar-refractivity contribution in [1.29, 1.82) is 0 Å². The Bertz CT molecular complexity index is 1190. The van der Waals surface area contributed by atoms with E-state index in [1.54, 1.807) is 37.3 Å². The van der Waals surface area contributed by atoms with Crippen LogP contribution in [0.5, 0.6) is 0 Å². The molecule has 0 N–H and O–H groups in total. The number of aryl methyl sites for hydroxylation is 1. The summed E-state index contributed by atoms with van der Waals surface area (Å²) in [5.41, 5.74) is 4.08. The molecule has 1 heterocycles. The van der Waals surface area contributed by atoms with Crippen LogP contribution in [0.4, 0.5) is 5.69 Å². The van der Waals surface area contributed by atoms with Gasteiger partial charge in [0.25, 0.3) is 10.0 Å². The van der Waals surface area contributed by atoms with Gasteiger partial charge in [0.1, 0.15) is 0 Å². The zero-order valence-corrected chi connectivity index (χ0v) is 17.7. The van der Waals surface area contributed by atoms with Gasteiger partial charge >= 0.3 is 5.97 Å². The average Bonchev–Trinajstić information content (AvgIpc) is 2.74. The van der Waals surface area contributed by atoms with Crippen LogP contribution in [0.25, 0.3) is 11.1 Å². The Morgan fingerprint density at radius 1 is 0.933 bits per heavy atom. The minimum atomic E-state index is -3.92. The van der Waals surface area contributed by atoms with Crippen molar-refractivity contribution in [3.05, 3.63) is 83.9 Å². The van der Waals surface area contributed by atoms with Crippen molar-refractivity contribution in [2.75, 3.05) is 10.9 Å². The summed E-state index contributed by atoms with van der Waals surface area (Å²) in [4.78, 5) is 12.6. The van der Waals surface area contributed by atoms with E-state index in [1.807, 2.05) is 49.4 Å². The average molecular weight is 422 g/mol. The third-order valence-corrected chi connectivity index (χ3v) is 7.11. The maximum absolute atomic E-state index is 13.8. The van der Waals surface area contributed by atoms with Gasteiger partial charge in [-0.2, -0.15) is 0 Å². The molecule has 1 atom stereocenters. The molecule has 5 nitrogen and oxygen atoms in total. The number of para-hydroxylation sites is 1. The van der Waals surface area contributed by atoms with Crippen LogP contribution >= 0.6 is 0 Å². The molecular weight excluding hydrogens is 398 g/mol. The molecule has 0 saturated carbocycles. The third kappa shape index (κ3) is 3.48.